The summed E-state index contributed by atoms with van der Waals surface area (Å²) in [7, 11) is -4.15. The highest BCUT2D eigenvalue weighted by Gasteiger charge is 2.63. The molecule has 3 heterocycles. The Balaban J connectivity index is 1.44. The zero-order chi connectivity index (χ0) is 45.0. The Labute approximate surface area is 356 Å². The van der Waals surface area contributed by atoms with Crippen molar-refractivity contribution in [3.8, 4) is 11.8 Å². The van der Waals surface area contributed by atoms with E-state index in [0.717, 1.165) is 18.7 Å². The van der Waals surface area contributed by atoms with Crippen LogP contribution in [0.25, 0.3) is 10.8 Å². The molecule has 6 rings (SSSR count). The molecule has 336 valence electrons. The van der Waals surface area contributed by atoms with Crippen LogP contribution >= 0.6 is 11.6 Å². The lowest BCUT2D eigenvalue weighted by molar-refractivity contribution is -0.156. The number of carbonyl (C=O) groups excluding carboxylic acids is 3. The molecule has 2 aliphatic carbocycles. The number of amides is 4. The molecule has 0 spiro atoms. The number of ether oxygens (including phenoxy) is 2. The number of halogens is 5. The predicted molar refractivity (Wildman–Crippen MR) is 216 cm³/mol. The second-order valence-electron chi connectivity index (χ2n) is 17.8. The Hall–Kier alpha value is -4.39. The van der Waals surface area contributed by atoms with Gasteiger partial charge in [0.15, 0.2) is 6.61 Å². The van der Waals surface area contributed by atoms with E-state index in [-0.39, 0.29) is 42.0 Å². The van der Waals surface area contributed by atoms with Gasteiger partial charge in [0.1, 0.15) is 29.3 Å². The average molecular weight is 902 g/mol. The first-order valence-electron chi connectivity index (χ1n) is 20.2. The van der Waals surface area contributed by atoms with Gasteiger partial charge in [-0.2, -0.15) is 4.98 Å². The van der Waals surface area contributed by atoms with Crippen LogP contribution in [-0.4, -0.2) is 112 Å². The maximum absolute atomic E-state index is 15.4. The number of nitrogens with zero attached hydrogens (tertiary/aromatic N) is 3. The topological polar surface area (TPSA) is 185 Å². The number of carbonyl (C=O) groups is 4. The summed E-state index contributed by atoms with van der Waals surface area (Å²) in [6.45, 7) is 6.13. The van der Waals surface area contributed by atoms with Gasteiger partial charge in [0, 0.05) is 41.1 Å². The van der Waals surface area contributed by atoms with Gasteiger partial charge >= 0.3 is 6.09 Å². The van der Waals surface area contributed by atoms with Gasteiger partial charge in [-0.1, -0.05) is 43.7 Å². The number of pyridine rings is 1. The Morgan fingerprint density at radius 3 is 2.46 bits per heavy atom. The van der Waals surface area contributed by atoms with E-state index in [0.29, 0.717) is 48.3 Å². The normalized spacial score (nSPS) is 28.2. The molecule has 1 aromatic carbocycles. The quantitative estimate of drug-likeness (QED) is 0.165. The third kappa shape index (κ3) is 9.23. The van der Waals surface area contributed by atoms with E-state index in [1.807, 2.05) is 13.0 Å². The van der Waals surface area contributed by atoms with Crippen LogP contribution in [0.3, 0.4) is 0 Å². The van der Waals surface area contributed by atoms with Crippen LogP contribution in [0.15, 0.2) is 36.4 Å². The zero-order valence-electron chi connectivity index (χ0n) is 34.7. The molecule has 1 saturated heterocycles. The molecule has 2 aromatic rings. The second-order valence-corrected chi connectivity index (χ2v) is 20.4. The van der Waals surface area contributed by atoms with Crippen LogP contribution in [0.4, 0.5) is 22.4 Å². The van der Waals surface area contributed by atoms with Crippen LogP contribution in [0, 0.1) is 17.8 Å². The van der Waals surface area contributed by atoms with Crippen LogP contribution in [0.1, 0.15) is 86.5 Å². The van der Waals surface area contributed by atoms with E-state index in [1.165, 1.54) is 13.0 Å². The molecule has 0 radical (unpaired) electrons. The van der Waals surface area contributed by atoms with Crippen molar-refractivity contribution < 1.29 is 59.7 Å². The van der Waals surface area contributed by atoms with Crippen molar-refractivity contribution in [1.29, 1.82) is 0 Å². The number of allylic oxidation sites excluding steroid dienone is 1. The first-order chi connectivity index (χ1) is 28.3. The van der Waals surface area contributed by atoms with Crippen LogP contribution < -0.4 is 19.5 Å². The summed E-state index contributed by atoms with van der Waals surface area (Å²) >= 11 is 6.46. The van der Waals surface area contributed by atoms with Crippen molar-refractivity contribution in [1.82, 2.24) is 24.8 Å². The maximum Gasteiger partial charge on any atom is 0.408 e. The molecular weight excluding hydrogens is 850 g/mol. The highest BCUT2D eigenvalue weighted by Crippen LogP contribution is 2.48. The number of benzene rings is 1. The number of hydrogen-bond donors (Lipinski definition) is 3. The number of alkyl halides is 4. The molecule has 4 aliphatic rings. The molecule has 20 heteroatoms. The summed E-state index contributed by atoms with van der Waals surface area (Å²) in [5.41, 5.74) is -4.19. The minimum Gasteiger partial charge on any atom is -0.472 e. The summed E-state index contributed by atoms with van der Waals surface area (Å²) in [6.07, 6.45) is -0.613. The van der Waals surface area contributed by atoms with Crippen molar-refractivity contribution >= 4 is 56.2 Å². The number of sulfonamides is 1. The molecule has 14 nitrogen and oxygen atoms in total. The molecule has 2 aliphatic heterocycles. The smallest absolute Gasteiger partial charge is 0.408 e. The van der Waals surface area contributed by atoms with E-state index in [2.05, 4.69) is 15.0 Å². The van der Waals surface area contributed by atoms with Crippen LogP contribution in [0.2, 0.25) is 5.02 Å². The number of nitrogens with one attached hydrogen (secondary N) is 2. The predicted octanol–water partition coefficient (Wildman–Crippen LogP) is 6.55. The summed E-state index contributed by atoms with van der Waals surface area (Å²) in [4.78, 5) is 62.7. The zero-order valence-corrected chi connectivity index (χ0v) is 36.3. The molecule has 0 unspecified atom stereocenters. The first kappa shape index (κ1) is 46.1. The summed E-state index contributed by atoms with van der Waals surface area (Å²) < 4.78 is 96.1. The Kier molecular flexibility index (Phi) is 12.6. The third-order valence-electron chi connectivity index (χ3n) is 12.8. The molecule has 1 aromatic heterocycles. The SMILES string of the molecule is C[C@H]1CCC=C[C@@H]2C[C@@]2(C(=O)NS(=O)(=O)C2(C)CC2)NC(=O)[C@@H]2C[C@@H](Oc3nc(OCC(F)F)cc4c(Cl)cccc34)CN2C(=O)[C@@H](N(C(=O)O)C(C)(C)C(C)(F)F)[C@H](C)C1. The van der Waals surface area contributed by atoms with Crippen LogP contribution in [-0.2, 0) is 24.4 Å². The van der Waals surface area contributed by atoms with E-state index in [9.17, 15) is 36.7 Å². The molecule has 2 saturated carbocycles. The fraction of sp³-hybridized carbons (Fsp3) is 0.634. The number of fused-ring (bicyclic) bond motifs is 3. The molecule has 3 N–H and O–H groups in total. The van der Waals surface area contributed by atoms with Crippen molar-refractivity contribution in [2.45, 2.75) is 133 Å². The van der Waals surface area contributed by atoms with Gasteiger partial charge in [-0.15, -0.1) is 0 Å². The lowest BCUT2D eigenvalue weighted by atomic mass is 9.84. The van der Waals surface area contributed by atoms with Gasteiger partial charge in [0.2, 0.25) is 33.6 Å². The number of rotatable bonds is 11. The van der Waals surface area contributed by atoms with E-state index in [1.54, 1.807) is 31.2 Å². The fourth-order valence-electron chi connectivity index (χ4n) is 8.32. The van der Waals surface area contributed by atoms with Crippen molar-refractivity contribution in [2.75, 3.05) is 13.2 Å². The minimum atomic E-state index is -4.15. The van der Waals surface area contributed by atoms with Gasteiger partial charge in [0.05, 0.1) is 11.3 Å². The van der Waals surface area contributed by atoms with E-state index < -0.39 is 105 Å². The molecule has 3 fully saturated rings. The van der Waals surface area contributed by atoms with E-state index >= 15 is 13.6 Å². The van der Waals surface area contributed by atoms with Crippen molar-refractivity contribution in [2.24, 2.45) is 17.8 Å². The molecule has 61 heavy (non-hydrogen) atoms. The van der Waals surface area contributed by atoms with Gasteiger partial charge in [-0.05, 0) is 83.3 Å². The highest BCUT2D eigenvalue weighted by atomic mass is 35.5. The monoisotopic (exact) mass is 901 g/mol. The lowest BCUT2D eigenvalue weighted by Crippen LogP contribution is -2.66. The average Bonchev–Trinajstić information content (AvgIpc) is 4.04. The molecule has 7 atom stereocenters. The van der Waals surface area contributed by atoms with Gasteiger partial charge < -0.3 is 24.8 Å². The number of hydrogen-bond acceptors (Lipinski definition) is 9. The van der Waals surface area contributed by atoms with Crippen molar-refractivity contribution in [3.05, 3.63) is 41.4 Å². The Morgan fingerprint density at radius 1 is 1.15 bits per heavy atom. The van der Waals surface area contributed by atoms with Gasteiger partial charge in [0.25, 0.3) is 18.3 Å². The highest BCUT2D eigenvalue weighted by molar-refractivity contribution is 7.91. The molecule has 0 bridgehead atoms. The summed E-state index contributed by atoms with van der Waals surface area (Å²) in [5, 5.41) is 14.2. The Morgan fingerprint density at radius 2 is 1.84 bits per heavy atom. The summed E-state index contributed by atoms with van der Waals surface area (Å²) in [6, 6.07) is 2.78. The van der Waals surface area contributed by atoms with Gasteiger partial charge in [-0.3, -0.25) is 24.0 Å². The van der Waals surface area contributed by atoms with Crippen LogP contribution in [0.5, 0.6) is 11.8 Å². The second kappa shape index (κ2) is 16.7. The molecular formula is C41H52ClF4N5O9S. The minimum absolute atomic E-state index is 0.0256. The fourth-order valence-corrected chi connectivity index (χ4v) is 9.86. The molecule has 4 amide bonds. The number of carboxylic acid groups (broad SMARTS) is 1. The number of aromatic nitrogens is 1. The standard InChI is InChI=1S/C41H52ClF4N5O9S/c1-22-10-7-8-11-24-19-41(24,36(54)49-61(57,58)39(5)14-15-39)48-33(52)29-17-25(60-34-26-12-9-13-28(42)27(26)18-31(47-34)59-21-30(43)44)20-50(29)35(53)32(23(2)16-22)51(37(55)56)38(3,4)40(6,45)46/h8-9,11-13,18,22-25,29-30,32H,7,10,14-17,19-21H2,1-6H3,(H,48,52)(H,49,54)(H,55,56)/t22-,23+,24+,25+,29-,32-,41+/m0/s1. The maximum atomic E-state index is 15.4. The van der Waals surface area contributed by atoms with E-state index in [4.69, 9.17) is 21.1 Å². The van der Waals surface area contributed by atoms with Gasteiger partial charge in [-0.25, -0.2) is 30.8 Å². The Bertz CT molecular complexity index is 2200. The summed E-state index contributed by atoms with van der Waals surface area (Å²) in [5.74, 6) is -8.60. The third-order valence-corrected chi connectivity index (χ3v) is 15.3. The largest absolute Gasteiger partial charge is 0.472 e. The lowest BCUT2D eigenvalue weighted by Gasteiger charge is -2.47. The van der Waals surface area contributed by atoms with Crippen molar-refractivity contribution in [3.63, 3.8) is 0 Å². The first-order valence-corrected chi connectivity index (χ1v) is 22.1.